The van der Waals surface area contributed by atoms with Gasteiger partial charge in [-0.1, -0.05) is 19.4 Å². The molecule has 3 N–H and O–H groups in total. The Morgan fingerprint density at radius 1 is 1.53 bits per heavy atom. The van der Waals surface area contributed by atoms with E-state index in [9.17, 15) is 4.79 Å². The number of urea groups is 1. The van der Waals surface area contributed by atoms with E-state index < -0.39 is 6.03 Å². The number of carbonyl (C=O) groups excluding carboxylic acids is 1. The van der Waals surface area contributed by atoms with Gasteiger partial charge in [0.2, 0.25) is 0 Å². The smallest absolute Gasteiger partial charge is 0.316 e. The fourth-order valence-electron chi connectivity index (χ4n) is 1.14. The lowest BCUT2D eigenvalue weighted by molar-refractivity contribution is 0.259. The van der Waals surface area contributed by atoms with E-state index in [-0.39, 0.29) is 0 Å². The molecule has 15 heavy (non-hydrogen) atoms. The summed E-state index contributed by atoms with van der Waals surface area (Å²) < 4.78 is 5.48. The Morgan fingerprint density at radius 3 is 3.00 bits per heavy atom. The van der Waals surface area contributed by atoms with Crippen molar-refractivity contribution in [1.82, 2.24) is 0 Å². The number of carbonyl (C=O) groups is 1. The second kappa shape index (κ2) is 5.90. The minimum absolute atomic E-state index is 0.569. The molecule has 0 heterocycles. The van der Waals surface area contributed by atoms with Crippen molar-refractivity contribution < 1.29 is 9.53 Å². The predicted octanol–water partition coefficient (Wildman–Crippen LogP) is 2.36. The maximum Gasteiger partial charge on any atom is 0.316 e. The van der Waals surface area contributed by atoms with Gasteiger partial charge >= 0.3 is 6.03 Å². The second-order valence-electron chi connectivity index (χ2n) is 3.22. The first-order valence-electron chi connectivity index (χ1n) is 5.01. The largest absolute Gasteiger partial charge is 0.494 e. The third kappa shape index (κ3) is 4.35. The van der Waals surface area contributed by atoms with Crippen molar-refractivity contribution in [3.8, 4) is 5.75 Å². The van der Waals surface area contributed by atoms with Crippen LogP contribution in [0.4, 0.5) is 10.5 Å². The molecule has 0 atom stereocenters. The zero-order valence-corrected chi connectivity index (χ0v) is 8.82. The summed E-state index contributed by atoms with van der Waals surface area (Å²) in [5.41, 5.74) is 5.65. The van der Waals surface area contributed by atoms with E-state index in [0.29, 0.717) is 12.3 Å². The Labute approximate surface area is 89.4 Å². The molecular weight excluding hydrogens is 192 g/mol. The zero-order chi connectivity index (χ0) is 11.1. The van der Waals surface area contributed by atoms with Gasteiger partial charge in [-0.2, -0.15) is 0 Å². The number of amides is 2. The van der Waals surface area contributed by atoms with E-state index in [1.807, 2.05) is 12.1 Å². The quantitative estimate of drug-likeness (QED) is 0.729. The lowest BCUT2D eigenvalue weighted by Gasteiger charge is -2.07. The van der Waals surface area contributed by atoms with Crippen LogP contribution in [0.5, 0.6) is 5.75 Å². The summed E-state index contributed by atoms with van der Waals surface area (Å²) in [6.45, 7) is 2.80. The monoisotopic (exact) mass is 208 g/mol. The van der Waals surface area contributed by atoms with Crippen LogP contribution in [0.2, 0.25) is 0 Å². The average Bonchev–Trinajstić information content (AvgIpc) is 2.18. The lowest BCUT2D eigenvalue weighted by Crippen LogP contribution is -2.19. The molecule has 0 saturated carbocycles. The highest BCUT2D eigenvalue weighted by Gasteiger charge is 1.98. The molecule has 2 amide bonds. The van der Waals surface area contributed by atoms with Crippen molar-refractivity contribution in [1.29, 1.82) is 0 Å². The first-order chi connectivity index (χ1) is 7.22. The van der Waals surface area contributed by atoms with Crippen LogP contribution in [-0.2, 0) is 0 Å². The fourth-order valence-corrected chi connectivity index (χ4v) is 1.14. The van der Waals surface area contributed by atoms with E-state index in [4.69, 9.17) is 10.5 Å². The Kier molecular flexibility index (Phi) is 4.47. The molecule has 0 unspecified atom stereocenters. The van der Waals surface area contributed by atoms with Gasteiger partial charge in [0, 0.05) is 11.8 Å². The molecule has 0 bridgehead atoms. The van der Waals surface area contributed by atoms with Gasteiger partial charge in [0.05, 0.1) is 6.61 Å². The minimum Gasteiger partial charge on any atom is -0.494 e. The number of hydrogen-bond acceptors (Lipinski definition) is 2. The molecule has 0 aliphatic carbocycles. The Balaban J connectivity index is 2.53. The van der Waals surface area contributed by atoms with E-state index in [1.165, 1.54) is 0 Å². The van der Waals surface area contributed by atoms with Gasteiger partial charge in [-0.25, -0.2) is 4.79 Å². The maximum atomic E-state index is 10.6. The molecule has 0 aromatic heterocycles. The van der Waals surface area contributed by atoms with Gasteiger partial charge in [0.1, 0.15) is 5.75 Å². The summed E-state index contributed by atoms with van der Waals surface area (Å²) in [7, 11) is 0. The van der Waals surface area contributed by atoms with Crippen LogP contribution in [0.25, 0.3) is 0 Å². The van der Waals surface area contributed by atoms with Crippen molar-refractivity contribution in [3.63, 3.8) is 0 Å². The summed E-state index contributed by atoms with van der Waals surface area (Å²) >= 11 is 0. The van der Waals surface area contributed by atoms with Crippen LogP contribution in [0.1, 0.15) is 19.8 Å². The Morgan fingerprint density at radius 2 is 2.33 bits per heavy atom. The van der Waals surface area contributed by atoms with Crippen molar-refractivity contribution >= 4 is 11.7 Å². The van der Waals surface area contributed by atoms with Gasteiger partial charge in [-0.15, -0.1) is 0 Å². The van der Waals surface area contributed by atoms with Crippen molar-refractivity contribution in [2.75, 3.05) is 11.9 Å². The number of nitrogens with two attached hydrogens (primary N) is 1. The number of benzene rings is 1. The number of ether oxygens (including phenoxy) is 1. The van der Waals surface area contributed by atoms with Crippen molar-refractivity contribution in [2.45, 2.75) is 19.8 Å². The summed E-state index contributed by atoms with van der Waals surface area (Å²) in [4.78, 5) is 10.6. The molecule has 0 spiro atoms. The molecule has 0 radical (unpaired) electrons. The predicted molar refractivity (Wildman–Crippen MR) is 60.1 cm³/mol. The molecule has 0 fully saturated rings. The average molecular weight is 208 g/mol. The van der Waals surface area contributed by atoms with E-state index >= 15 is 0 Å². The first-order valence-corrected chi connectivity index (χ1v) is 5.01. The van der Waals surface area contributed by atoms with Crippen LogP contribution < -0.4 is 15.8 Å². The standard InChI is InChI=1S/C11H16N2O2/c1-2-3-7-15-10-6-4-5-9(8-10)13-11(12)14/h4-6,8H,2-3,7H2,1H3,(H3,12,13,14). The van der Waals surface area contributed by atoms with Gasteiger partial charge in [0.25, 0.3) is 0 Å². The Bertz CT molecular complexity index is 326. The van der Waals surface area contributed by atoms with Crippen molar-refractivity contribution in [2.24, 2.45) is 5.73 Å². The minimum atomic E-state index is -0.569. The summed E-state index contributed by atoms with van der Waals surface area (Å²) in [5.74, 6) is 0.745. The topological polar surface area (TPSA) is 64.3 Å². The molecule has 0 saturated heterocycles. The molecule has 0 aliphatic heterocycles. The molecule has 1 aromatic rings. The van der Waals surface area contributed by atoms with Crippen LogP contribution in [-0.4, -0.2) is 12.6 Å². The molecule has 82 valence electrons. The van der Waals surface area contributed by atoms with Gasteiger partial charge in [-0.3, -0.25) is 0 Å². The molecule has 1 rings (SSSR count). The van der Waals surface area contributed by atoms with Gasteiger partial charge in [-0.05, 0) is 18.6 Å². The summed E-state index contributed by atoms with van der Waals surface area (Å²) in [6, 6.07) is 6.60. The fraction of sp³-hybridized carbons (Fsp3) is 0.364. The van der Waals surface area contributed by atoms with Crippen LogP contribution in [0, 0.1) is 0 Å². The number of anilines is 1. The van der Waals surface area contributed by atoms with E-state index in [1.54, 1.807) is 12.1 Å². The van der Waals surface area contributed by atoms with Crippen LogP contribution in [0.3, 0.4) is 0 Å². The SMILES string of the molecule is CCCCOc1cccc(NC(N)=O)c1. The number of hydrogen-bond donors (Lipinski definition) is 2. The number of unbranched alkanes of at least 4 members (excludes halogenated alkanes) is 1. The third-order valence-electron chi connectivity index (χ3n) is 1.87. The number of nitrogens with one attached hydrogen (secondary N) is 1. The molecule has 1 aromatic carbocycles. The molecule has 4 heteroatoms. The van der Waals surface area contributed by atoms with Gasteiger partial charge < -0.3 is 15.8 Å². The summed E-state index contributed by atoms with van der Waals surface area (Å²) in [6.07, 6.45) is 2.12. The highest BCUT2D eigenvalue weighted by molar-refractivity contribution is 5.87. The molecule has 4 nitrogen and oxygen atoms in total. The third-order valence-corrected chi connectivity index (χ3v) is 1.87. The zero-order valence-electron chi connectivity index (χ0n) is 8.82. The summed E-state index contributed by atoms with van der Waals surface area (Å²) in [5, 5.41) is 2.49. The van der Waals surface area contributed by atoms with E-state index in [2.05, 4.69) is 12.2 Å². The second-order valence-corrected chi connectivity index (χ2v) is 3.22. The molecular formula is C11H16N2O2. The van der Waals surface area contributed by atoms with E-state index in [0.717, 1.165) is 18.6 Å². The Hall–Kier alpha value is -1.71. The number of primary amides is 1. The highest BCUT2D eigenvalue weighted by atomic mass is 16.5. The van der Waals surface area contributed by atoms with Crippen molar-refractivity contribution in [3.05, 3.63) is 24.3 Å². The number of rotatable bonds is 5. The highest BCUT2D eigenvalue weighted by Crippen LogP contribution is 2.17. The van der Waals surface area contributed by atoms with Gasteiger partial charge in [0.15, 0.2) is 0 Å². The lowest BCUT2D eigenvalue weighted by atomic mass is 10.3. The maximum absolute atomic E-state index is 10.6. The first kappa shape index (κ1) is 11.4. The van der Waals surface area contributed by atoms with Crippen LogP contribution >= 0.6 is 0 Å². The normalized spacial score (nSPS) is 9.67. The molecule has 0 aliphatic rings. The van der Waals surface area contributed by atoms with Crippen LogP contribution in [0.15, 0.2) is 24.3 Å².